The molecule has 5 heteroatoms. The monoisotopic (exact) mass is 298 g/mol. The largest absolute Gasteiger partial charge is 0.326 e. The maximum Gasteiger partial charge on any atom is 0.156 e. The third kappa shape index (κ3) is 4.58. The lowest BCUT2D eigenvalue weighted by atomic mass is 10.1. The minimum absolute atomic E-state index is 0.178. The number of rotatable bonds is 6. The van der Waals surface area contributed by atoms with Gasteiger partial charge in [0.15, 0.2) is 9.84 Å². The average Bonchev–Trinajstić information content (AvgIpc) is 2.36. The van der Waals surface area contributed by atoms with Crippen LogP contribution in [0.4, 0.5) is 0 Å². The van der Waals surface area contributed by atoms with Crippen molar-refractivity contribution in [2.45, 2.75) is 38.6 Å². The zero-order valence-corrected chi connectivity index (χ0v) is 13.7. The van der Waals surface area contributed by atoms with Gasteiger partial charge in [-0.1, -0.05) is 24.3 Å². The van der Waals surface area contributed by atoms with E-state index in [9.17, 15) is 8.42 Å². The van der Waals surface area contributed by atoms with E-state index in [0.29, 0.717) is 19.6 Å². The summed E-state index contributed by atoms with van der Waals surface area (Å²) in [6.07, 6.45) is 0. The van der Waals surface area contributed by atoms with Crippen molar-refractivity contribution in [1.29, 1.82) is 0 Å². The number of nitrogens with zero attached hydrogens (tertiary/aromatic N) is 1. The number of sulfone groups is 1. The van der Waals surface area contributed by atoms with Gasteiger partial charge in [-0.3, -0.25) is 0 Å². The molecular weight excluding hydrogens is 272 g/mol. The van der Waals surface area contributed by atoms with Crippen molar-refractivity contribution in [3.05, 3.63) is 35.4 Å². The summed E-state index contributed by atoms with van der Waals surface area (Å²) in [6, 6.07) is 8.00. The predicted molar refractivity (Wildman–Crippen MR) is 84.2 cm³/mol. The molecule has 0 saturated carbocycles. The van der Waals surface area contributed by atoms with E-state index in [0.717, 1.165) is 11.1 Å². The molecule has 1 aromatic rings. The minimum atomic E-state index is -3.07. The summed E-state index contributed by atoms with van der Waals surface area (Å²) < 4.78 is 23.5. The van der Waals surface area contributed by atoms with Crippen molar-refractivity contribution >= 4 is 9.84 Å². The molecule has 0 bridgehead atoms. The van der Waals surface area contributed by atoms with E-state index in [2.05, 4.69) is 0 Å². The molecule has 4 nitrogen and oxygen atoms in total. The number of nitrogens with two attached hydrogens (primary N) is 1. The Morgan fingerprint density at radius 1 is 1.15 bits per heavy atom. The van der Waals surface area contributed by atoms with Crippen LogP contribution in [0.5, 0.6) is 0 Å². The highest BCUT2D eigenvalue weighted by atomic mass is 32.2. The third-order valence-corrected chi connectivity index (χ3v) is 6.04. The molecule has 0 saturated heterocycles. The summed E-state index contributed by atoms with van der Waals surface area (Å²) in [6.45, 7) is 6.97. The molecule has 0 spiro atoms. The number of benzene rings is 1. The van der Waals surface area contributed by atoms with Crippen molar-refractivity contribution in [3.63, 3.8) is 0 Å². The van der Waals surface area contributed by atoms with Gasteiger partial charge in [0.2, 0.25) is 0 Å². The molecule has 0 heterocycles. The molecule has 1 rings (SSSR count). The average molecular weight is 298 g/mol. The predicted octanol–water partition coefficient (Wildman–Crippen LogP) is 1.79. The van der Waals surface area contributed by atoms with Crippen LogP contribution in [0.1, 0.15) is 31.9 Å². The van der Waals surface area contributed by atoms with E-state index in [4.69, 9.17) is 5.73 Å². The lowest BCUT2D eigenvalue weighted by molar-refractivity contribution is 0.344. The van der Waals surface area contributed by atoms with E-state index < -0.39 is 14.6 Å². The van der Waals surface area contributed by atoms with Gasteiger partial charge in [0.1, 0.15) is 0 Å². The molecule has 114 valence electrons. The normalized spacial score (nSPS) is 12.9. The molecule has 0 amide bonds. The molecule has 1 aromatic carbocycles. The third-order valence-electron chi connectivity index (χ3n) is 3.45. The van der Waals surface area contributed by atoms with Crippen LogP contribution < -0.4 is 5.73 Å². The Morgan fingerprint density at radius 3 is 2.20 bits per heavy atom. The Kier molecular flexibility index (Phi) is 5.74. The summed E-state index contributed by atoms with van der Waals surface area (Å²) in [7, 11) is -1.13. The Bertz CT molecular complexity index is 533. The van der Waals surface area contributed by atoms with Gasteiger partial charge in [0, 0.05) is 19.6 Å². The van der Waals surface area contributed by atoms with Gasteiger partial charge in [-0.05, 0) is 38.9 Å². The highest BCUT2D eigenvalue weighted by Crippen LogP contribution is 2.16. The Morgan fingerprint density at radius 2 is 1.70 bits per heavy atom. The highest BCUT2D eigenvalue weighted by Gasteiger charge is 2.28. The van der Waals surface area contributed by atoms with Gasteiger partial charge in [-0.25, -0.2) is 8.42 Å². The maximum atomic E-state index is 12.1. The fourth-order valence-electron chi connectivity index (χ4n) is 1.86. The maximum absolute atomic E-state index is 12.1. The zero-order valence-electron chi connectivity index (χ0n) is 12.9. The molecule has 0 aliphatic heterocycles. The van der Waals surface area contributed by atoms with Crippen LogP contribution in [0.15, 0.2) is 24.3 Å². The number of hydrogen-bond donors (Lipinski definition) is 1. The molecule has 0 atom stereocenters. The molecule has 2 N–H and O–H groups in total. The SMILES string of the molecule is CN(CCS(=O)(=O)C(C)(C)C)Cc1ccccc1CN. The van der Waals surface area contributed by atoms with Crippen LogP contribution in [0.2, 0.25) is 0 Å². The summed E-state index contributed by atoms with van der Waals surface area (Å²) in [5.41, 5.74) is 7.98. The van der Waals surface area contributed by atoms with Crippen molar-refractivity contribution in [2.24, 2.45) is 5.73 Å². The molecule has 0 radical (unpaired) electrons. The lowest BCUT2D eigenvalue weighted by Crippen LogP contribution is -2.35. The van der Waals surface area contributed by atoms with Gasteiger partial charge in [0.05, 0.1) is 10.5 Å². The number of hydrogen-bond acceptors (Lipinski definition) is 4. The quantitative estimate of drug-likeness (QED) is 0.869. The molecule has 0 fully saturated rings. The van der Waals surface area contributed by atoms with Gasteiger partial charge in [-0.2, -0.15) is 0 Å². The van der Waals surface area contributed by atoms with Crippen LogP contribution in [0, 0.1) is 0 Å². The second-order valence-electron chi connectivity index (χ2n) is 6.14. The first-order valence-corrected chi connectivity index (χ1v) is 8.50. The summed E-state index contributed by atoms with van der Waals surface area (Å²) in [4.78, 5) is 2.03. The second-order valence-corrected chi connectivity index (χ2v) is 9.00. The Labute approximate surface area is 122 Å². The van der Waals surface area contributed by atoms with Gasteiger partial charge < -0.3 is 10.6 Å². The molecule has 0 aliphatic rings. The first kappa shape index (κ1) is 17.1. The van der Waals surface area contributed by atoms with E-state index in [-0.39, 0.29) is 5.75 Å². The van der Waals surface area contributed by atoms with Crippen LogP contribution >= 0.6 is 0 Å². The summed E-state index contributed by atoms with van der Waals surface area (Å²) in [5.74, 6) is 0.178. The molecule has 0 aromatic heterocycles. The first-order valence-electron chi connectivity index (χ1n) is 6.85. The standard InChI is InChI=1S/C15H26N2O2S/c1-15(2,3)20(18,19)10-9-17(4)12-14-8-6-5-7-13(14)11-16/h5-8H,9-12,16H2,1-4H3. The molecule has 0 aliphatic carbocycles. The van der Waals surface area contributed by atoms with E-state index in [1.54, 1.807) is 20.8 Å². The van der Waals surface area contributed by atoms with Crippen molar-refractivity contribution < 1.29 is 8.42 Å². The van der Waals surface area contributed by atoms with Gasteiger partial charge in [-0.15, -0.1) is 0 Å². The van der Waals surface area contributed by atoms with Crippen LogP contribution in [0.3, 0.4) is 0 Å². The molecular formula is C15H26N2O2S. The molecule has 0 unspecified atom stereocenters. The fraction of sp³-hybridized carbons (Fsp3) is 0.600. The Hall–Kier alpha value is -0.910. The van der Waals surface area contributed by atoms with E-state index >= 15 is 0 Å². The fourth-order valence-corrected chi connectivity index (χ4v) is 3.03. The topological polar surface area (TPSA) is 63.4 Å². The highest BCUT2D eigenvalue weighted by molar-refractivity contribution is 7.92. The summed E-state index contributed by atoms with van der Waals surface area (Å²) in [5, 5.41) is 0. The van der Waals surface area contributed by atoms with Crippen LogP contribution in [0.25, 0.3) is 0 Å². The Balaban J connectivity index is 2.63. The van der Waals surface area contributed by atoms with Crippen molar-refractivity contribution in [3.8, 4) is 0 Å². The van der Waals surface area contributed by atoms with Crippen molar-refractivity contribution in [2.75, 3.05) is 19.3 Å². The minimum Gasteiger partial charge on any atom is -0.326 e. The van der Waals surface area contributed by atoms with Gasteiger partial charge in [0.25, 0.3) is 0 Å². The summed E-state index contributed by atoms with van der Waals surface area (Å²) >= 11 is 0. The van der Waals surface area contributed by atoms with Gasteiger partial charge >= 0.3 is 0 Å². The smallest absolute Gasteiger partial charge is 0.156 e. The van der Waals surface area contributed by atoms with Crippen molar-refractivity contribution in [1.82, 2.24) is 4.90 Å². The first-order chi connectivity index (χ1) is 9.17. The lowest BCUT2D eigenvalue weighted by Gasteiger charge is -2.23. The van der Waals surface area contributed by atoms with Crippen LogP contribution in [-0.4, -0.2) is 37.4 Å². The van der Waals surface area contributed by atoms with Crippen LogP contribution in [-0.2, 0) is 22.9 Å². The second kappa shape index (κ2) is 6.70. The molecule has 20 heavy (non-hydrogen) atoms. The zero-order chi connectivity index (χ0) is 15.4. The van der Waals surface area contributed by atoms with E-state index in [1.165, 1.54) is 0 Å². The van der Waals surface area contributed by atoms with E-state index in [1.807, 2.05) is 36.2 Å².